The SMILES string of the molecule is Cc1c(N=Nc2c[n+](C)c(C)n2-c2ccccc2)c2ccccc2n1C. The molecule has 0 amide bonds. The molecule has 0 saturated heterocycles. The summed E-state index contributed by atoms with van der Waals surface area (Å²) in [6.45, 7) is 4.16. The Balaban J connectivity index is 1.85. The maximum atomic E-state index is 4.64. The van der Waals surface area contributed by atoms with Gasteiger partial charge >= 0.3 is 0 Å². The fourth-order valence-corrected chi connectivity index (χ4v) is 3.34. The topological polar surface area (TPSA) is 38.5 Å². The van der Waals surface area contributed by atoms with Gasteiger partial charge in [-0.25, -0.2) is 4.57 Å². The third-order valence-corrected chi connectivity index (χ3v) is 5.01. The third kappa shape index (κ3) is 2.52. The molecule has 0 radical (unpaired) electrons. The van der Waals surface area contributed by atoms with E-state index in [9.17, 15) is 0 Å². The molecule has 0 fully saturated rings. The molecular formula is C21H22N5+. The predicted octanol–water partition coefficient (Wildman–Crippen LogP) is 4.83. The van der Waals surface area contributed by atoms with Crippen LogP contribution in [0.25, 0.3) is 16.6 Å². The van der Waals surface area contributed by atoms with E-state index < -0.39 is 0 Å². The first kappa shape index (κ1) is 16.3. The lowest BCUT2D eigenvalue weighted by Gasteiger charge is -1.99. The van der Waals surface area contributed by atoms with E-state index in [0.29, 0.717) is 0 Å². The smallest absolute Gasteiger partial charge is 0.284 e. The molecule has 2 aromatic heterocycles. The van der Waals surface area contributed by atoms with E-state index in [0.717, 1.165) is 34.1 Å². The summed E-state index contributed by atoms with van der Waals surface area (Å²) in [5.74, 6) is 1.91. The summed E-state index contributed by atoms with van der Waals surface area (Å²) in [5, 5.41) is 10.4. The van der Waals surface area contributed by atoms with Gasteiger partial charge in [-0.05, 0) is 25.1 Å². The Morgan fingerprint density at radius 2 is 1.58 bits per heavy atom. The van der Waals surface area contributed by atoms with Gasteiger partial charge in [0, 0.05) is 25.1 Å². The molecule has 0 spiro atoms. The maximum absolute atomic E-state index is 4.64. The van der Waals surface area contributed by atoms with Crippen LogP contribution in [0.4, 0.5) is 11.5 Å². The number of benzene rings is 2. The number of aromatic nitrogens is 3. The molecule has 0 N–H and O–H groups in total. The lowest BCUT2D eigenvalue weighted by atomic mass is 10.2. The van der Waals surface area contributed by atoms with Gasteiger partial charge in [0.05, 0.1) is 12.6 Å². The Labute approximate surface area is 152 Å². The van der Waals surface area contributed by atoms with Crippen LogP contribution >= 0.6 is 0 Å². The largest absolute Gasteiger partial charge is 0.346 e. The van der Waals surface area contributed by atoms with Gasteiger partial charge in [-0.3, -0.25) is 0 Å². The monoisotopic (exact) mass is 344 g/mol. The standard InChI is InChI=1S/C21H22N5/c1-15-21(18-12-8-9-13-19(18)25(15)4)23-22-20-14-24(3)16(2)26(20)17-10-6-5-7-11-17/h5-14H,1-4H3/q+1. The highest BCUT2D eigenvalue weighted by Crippen LogP contribution is 2.33. The lowest BCUT2D eigenvalue weighted by Crippen LogP contribution is -2.29. The fourth-order valence-electron chi connectivity index (χ4n) is 3.34. The van der Waals surface area contributed by atoms with E-state index in [-0.39, 0.29) is 0 Å². The molecule has 130 valence electrons. The van der Waals surface area contributed by atoms with Crippen molar-refractivity contribution in [3.05, 3.63) is 72.3 Å². The highest BCUT2D eigenvalue weighted by Gasteiger charge is 2.20. The zero-order chi connectivity index (χ0) is 18.3. The van der Waals surface area contributed by atoms with Crippen LogP contribution in [0.5, 0.6) is 0 Å². The van der Waals surface area contributed by atoms with Crippen LogP contribution in [-0.4, -0.2) is 9.13 Å². The number of para-hydroxylation sites is 2. The zero-order valence-electron chi connectivity index (χ0n) is 15.5. The zero-order valence-corrected chi connectivity index (χ0v) is 15.5. The van der Waals surface area contributed by atoms with Crippen molar-refractivity contribution in [3.8, 4) is 5.69 Å². The Bertz CT molecular complexity index is 1120. The number of hydrogen-bond donors (Lipinski definition) is 0. The van der Waals surface area contributed by atoms with Crippen molar-refractivity contribution < 1.29 is 4.57 Å². The summed E-state index contributed by atoms with van der Waals surface area (Å²) >= 11 is 0. The van der Waals surface area contributed by atoms with Gasteiger partial charge < -0.3 is 4.57 Å². The molecule has 2 heterocycles. The van der Waals surface area contributed by atoms with Gasteiger partial charge in [-0.2, -0.15) is 4.57 Å². The van der Waals surface area contributed by atoms with Gasteiger partial charge in [0.1, 0.15) is 11.4 Å². The number of imidazole rings is 1. The first-order chi connectivity index (χ1) is 12.6. The first-order valence-electron chi connectivity index (χ1n) is 8.67. The molecule has 0 bridgehead atoms. The molecule has 0 aliphatic carbocycles. The minimum atomic E-state index is 0.809. The fraction of sp³-hybridized carbons (Fsp3) is 0.190. The van der Waals surface area contributed by atoms with Crippen LogP contribution in [0.2, 0.25) is 0 Å². The van der Waals surface area contributed by atoms with Crippen molar-refractivity contribution in [2.24, 2.45) is 24.3 Å². The second kappa shape index (κ2) is 6.26. The van der Waals surface area contributed by atoms with Gasteiger partial charge in [-0.15, -0.1) is 10.2 Å². The van der Waals surface area contributed by atoms with Crippen LogP contribution in [0.3, 0.4) is 0 Å². The molecule has 0 aliphatic heterocycles. The summed E-state index contributed by atoms with van der Waals surface area (Å²) in [6, 6.07) is 18.5. The van der Waals surface area contributed by atoms with Crippen molar-refractivity contribution in [2.75, 3.05) is 0 Å². The van der Waals surface area contributed by atoms with Crippen LogP contribution in [0.15, 0.2) is 71.0 Å². The van der Waals surface area contributed by atoms with Crippen LogP contribution in [0.1, 0.15) is 11.5 Å². The normalized spacial score (nSPS) is 11.7. The maximum Gasteiger partial charge on any atom is 0.284 e. The van der Waals surface area contributed by atoms with E-state index in [1.807, 2.05) is 43.6 Å². The van der Waals surface area contributed by atoms with E-state index in [1.54, 1.807) is 0 Å². The Morgan fingerprint density at radius 3 is 2.35 bits per heavy atom. The summed E-state index contributed by atoms with van der Waals surface area (Å²) in [7, 11) is 4.09. The summed E-state index contributed by atoms with van der Waals surface area (Å²) in [4.78, 5) is 0. The number of fused-ring (bicyclic) bond motifs is 1. The van der Waals surface area contributed by atoms with E-state index >= 15 is 0 Å². The average molecular weight is 344 g/mol. The molecule has 2 aromatic carbocycles. The Morgan fingerprint density at radius 1 is 0.885 bits per heavy atom. The first-order valence-corrected chi connectivity index (χ1v) is 8.67. The highest BCUT2D eigenvalue weighted by atomic mass is 15.3. The van der Waals surface area contributed by atoms with Gasteiger partial charge in [0.2, 0.25) is 0 Å². The molecule has 26 heavy (non-hydrogen) atoms. The summed E-state index contributed by atoms with van der Waals surface area (Å²) in [5.41, 5.74) is 4.27. The number of azo groups is 1. The molecular weight excluding hydrogens is 322 g/mol. The van der Waals surface area contributed by atoms with E-state index in [1.165, 1.54) is 5.52 Å². The predicted molar refractivity (Wildman–Crippen MR) is 104 cm³/mol. The quantitative estimate of drug-likeness (QED) is 0.377. The summed E-state index contributed by atoms with van der Waals surface area (Å²) < 4.78 is 6.34. The Hall–Kier alpha value is -3.21. The minimum absolute atomic E-state index is 0.809. The van der Waals surface area contributed by atoms with Crippen molar-refractivity contribution >= 4 is 22.4 Å². The van der Waals surface area contributed by atoms with Gasteiger partial charge in [0.15, 0.2) is 6.20 Å². The van der Waals surface area contributed by atoms with Crippen molar-refractivity contribution in [3.63, 3.8) is 0 Å². The molecule has 0 aliphatic rings. The molecule has 0 unspecified atom stereocenters. The van der Waals surface area contributed by atoms with Crippen molar-refractivity contribution in [1.82, 2.24) is 9.13 Å². The molecule has 4 rings (SSSR count). The molecule has 0 saturated carbocycles. The number of hydrogen-bond acceptors (Lipinski definition) is 2. The number of nitrogens with zero attached hydrogens (tertiary/aromatic N) is 5. The highest BCUT2D eigenvalue weighted by molar-refractivity contribution is 5.93. The minimum Gasteiger partial charge on any atom is -0.346 e. The van der Waals surface area contributed by atoms with Gasteiger partial charge in [-0.1, -0.05) is 36.4 Å². The molecule has 5 nitrogen and oxygen atoms in total. The molecule has 5 heteroatoms. The van der Waals surface area contributed by atoms with Gasteiger partial charge in [0.25, 0.3) is 11.6 Å². The molecule has 4 aromatic rings. The number of aryl methyl sites for hydroxylation is 2. The van der Waals surface area contributed by atoms with Crippen LogP contribution < -0.4 is 4.57 Å². The van der Waals surface area contributed by atoms with Crippen LogP contribution in [0, 0.1) is 13.8 Å². The second-order valence-corrected chi connectivity index (χ2v) is 6.53. The summed E-state index contributed by atoms with van der Waals surface area (Å²) in [6.07, 6.45) is 2.01. The second-order valence-electron chi connectivity index (χ2n) is 6.53. The third-order valence-electron chi connectivity index (χ3n) is 5.01. The Kier molecular flexibility index (Phi) is 3.92. The average Bonchev–Trinajstić information content (AvgIpc) is 3.08. The van der Waals surface area contributed by atoms with E-state index in [2.05, 4.69) is 69.1 Å². The van der Waals surface area contributed by atoms with Crippen LogP contribution in [-0.2, 0) is 14.1 Å². The van der Waals surface area contributed by atoms with Crippen molar-refractivity contribution in [2.45, 2.75) is 13.8 Å². The molecule has 0 atom stereocenters. The lowest BCUT2D eigenvalue weighted by molar-refractivity contribution is -0.676. The van der Waals surface area contributed by atoms with Crippen molar-refractivity contribution in [1.29, 1.82) is 0 Å². The van der Waals surface area contributed by atoms with E-state index in [4.69, 9.17) is 0 Å². The number of rotatable bonds is 3.